The molecule has 1 fully saturated rings. The highest BCUT2D eigenvalue weighted by Crippen LogP contribution is 2.36. The van der Waals surface area contributed by atoms with Gasteiger partial charge in [0.15, 0.2) is 0 Å². The minimum absolute atomic E-state index is 0.0508. The second-order valence-corrected chi connectivity index (χ2v) is 9.79. The van der Waals surface area contributed by atoms with E-state index in [1.54, 1.807) is 25.3 Å². The Labute approximate surface area is 226 Å². The Morgan fingerprint density at radius 1 is 1.13 bits per heavy atom. The lowest BCUT2D eigenvalue weighted by Crippen LogP contribution is -2.47. The number of hydrazine groups is 1. The predicted octanol–water partition coefficient (Wildman–Crippen LogP) is 1.54. The number of ether oxygens (including phenoxy) is 1. The van der Waals surface area contributed by atoms with Crippen molar-refractivity contribution in [2.24, 2.45) is 4.99 Å². The Bertz CT molecular complexity index is 1350. The fourth-order valence-electron chi connectivity index (χ4n) is 4.91. The van der Waals surface area contributed by atoms with E-state index in [0.717, 1.165) is 28.1 Å². The fraction of sp³-hybridized carbons (Fsp3) is 0.259. The Balaban J connectivity index is 1.47. The highest BCUT2D eigenvalue weighted by molar-refractivity contribution is 6.58. The first-order valence-corrected chi connectivity index (χ1v) is 12.7. The molecule has 3 atom stereocenters. The van der Waals surface area contributed by atoms with E-state index in [9.17, 15) is 14.8 Å². The lowest BCUT2D eigenvalue weighted by molar-refractivity contribution is -0.121. The third-order valence-electron chi connectivity index (χ3n) is 6.80. The van der Waals surface area contributed by atoms with Gasteiger partial charge in [-0.2, -0.15) is 0 Å². The summed E-state index contributed by atoms with van der Waals surface area (Å²) >= 11 is 6.17. The number of fused-ring (bicyclic) bond motifs is 3. The molecule has 11 heteroatoms. The average Bonchev–Trinajstić information content (AvgIpc) is 3.25. The number of rotatable bonds is 7. The summed E-state index contributed by atoms with van der Waals surface area (Å²) in [7, 11) is 0.0675. The first-order valence-electron chi connectivity index (χ1n) is 12.4. The molecule has 0 radical (unpaired) electrons. The zero-order valence-corrected chi connectivity index (χ0v) is 21.8. The van der Waals surface area contributed by atoms with Gasteiger partial charge in [0.2, 0.25) is 5.91 Å². The Hall–Kier alpha value is -3.41. The van der Waals surface area contributed by atoms with Crippen LogP contribution >= 0.6 is 11.6 Å². The molecule has 3 aromatic rings. The minimum Gasteiger partial charge on any atom is -0.497 e. The monoisotopic (exact) mass is 533 g/mol. The second-order valence-electron chi connectivity index (χ2n) is 9.35. The Kier molecular flexibility index (Phi) is 7.69. The first-order chi connectivity index (χ1) is 18.3. The van der Waals surface area contributed by atoms with E-state index in [0.29, 0.717) is 16.2 Å². The van der Waals surface area contributed by atoms with E-state index < -0.39 is 13.2 Å². The number of methoxy groups -OCH3 is 1. The van der Waals surface area contributed by atoms with Crippen LogP contribution in [0.15, 0.2) is 71.7 Å². The Morgan fingerprint density at radius 2 is 1.92 bits per heavy atom. The smallest absolute Gasteiger partial charge is 0.488 e. The predicted molar refractivity (Wildman–Crippen MR) is 149 cm³/mol. The minimum atomic E-state index is -1.56. The highest BCUT2D eigenvalue weighted by atomic mass is 35.5. The summed E-state index contributed by atoms with van der Waals surface area (Å²) < 4.78 is 5.53. The molecule has 0 saturated carbocycles. The fourth-order valence-corrected chi connectivity index (χ4v) is 5.04. The molecule has 1 amide bonds. The van der Waals surface area contributed by atoms with Crippen molar-refractivity contribution >= 4 is 41.5 Å². The summed E-state index contributed by atoms with van der Waals surface area (Å²) in [5.74, 6) is 0.537. The largest absolute Gasteiger partial charge is 0.497 e. The average molecular weight is 534 g/mol. The summed E-state index contributed by atoms with van der Waals surface area (Å²) in [6.45, 7) is 2.31. The van der Waals surface area contributed by atoms with Gasteiger partial charge in [0.05, 0.1) is 31.4 Å². The second kappa shape index (κ2) is 11.1. The van der Waals surface area contributed by atoms with Crippen LogP contribution in [-0.2, 0) is 11.3 Å². The topological polar surface area (TPSA) is 118 Å². The maximum Gasteiger partial charge on any atom is 0.488 e. The molecule has 0 aromatic heterocycles. The van der Waals surface area contributed by atoms with Gasteiger partial charge in [-0.25, -0.2) is 10.9 Å². The van der Waals surface area contributed by atoms with Crippen molar-refractivity contribution in [3.05, 3.63) is 88.4 Å². The van der Waals surface area contributed by atoms with Crippen LogP contribution in [-0.4, -0.2) is 54.3 Å². The van der Waals surface area contributed by atoms with Crippen LogP contribution in [0, 0.1) is 0 Å². The highest BCUT2D eigenvalue weighted by Gasteiger charge is 2.40. The zero-order valence-electron chi connectivity index (χ0n) is 21.1. The first kappa shape index (κ1) is 26.2. The Morgan fingerprint density at radius 3 is 2.66 bits per heavy atom. The normalized spacial score (nSPS) is 20.2. The summed E-state index contributed by atoms with van der Waals surface area (Å²) in [4.78, 5) is 20.5. The summed E-state index contributed by atoms with van der Waals surface area (Å²) in [5.41, 5.74) is 11.3. The van der Waals surface area contributed by atoms with Crippen molar-refractivity contribution in [2.45, 2.75) is 38.3 Å². The van der Waals surface area contributed by atoms with Crippen molar-refractivity contribution in [1.29, 1.82) is 0 Å². The van der Waals surface area contributed by atoms with Crippen molar-refractivity contribution in [1.82, 2.24) is 16.2 Å². The van der Waals surface area contributed by atoms with Crippen LogP contribution in [0.1, 0.15) is 30.0 Å². The van der Waals surface area contributed by atoms with Gasteiger partial charge in [0.25, 0.3) is 0 Å². The molecule has 2 aliphatic rings. The SMILES string of the molecule is COc1ccc2c(c1)C(c1ccc(Cl)cc1)=NC(CC(=O)NCc1cccc(B(O)O)c1)C1NNC(C)N21. The maximum absolute atomic E-state index is 13.2. The van der Waals surface area contributed by atoms with Crippen LogP contribution in [0.25, 0.3) is 0 Å². The van der Waals surface area contributed by atoms with Crippen LogP contribution in [0.4, 0.5) is 5.69 Å². The van der Waals surface area contributed by atoms with Gasteiger partial charge >= 0.3 is 7.12 Å². The van der Waals surface area contributed by atoms with Gasteiger partial charge < -0.3 is 25.0 Å². The molecule has 5 rings (SSSR count). The molecule has 0 aliphatic carbocycles. The van der Waals surface area contributed by atoms with E-state index in [4.69, 9.17) is 21.3 Å². The molecular weight excluding hydrogens is 505 g/mol. The van der Waals surface area contributed by atoms with Gasteiger partial charge in [0.1, 0.15) is 11.9 Å². The van der Waals surface area contributed by atoms with Crippen molar-refractivity contribution < 1.29 is 19.6 Å². The van der Waals surface area contributed by atoms with E-state index in [2.05, 4.69) is 21.1 Å². The molecular formula is C27H29BClN5O4. The van der Waals surface area contributed by atoms with Gasteiger partial charge in [-0.05, 0) is 48.3 Å². The van der Waals surface area contributed by atoms with Crippen molar-refractivity contribution in [2.75, 3.05) is 12.0 Å². The number of anilines is 1. The standard InChI is InChI=1S/C27H29BClN5O4/c1-16-32-33-27-23(14-25(35)30-15-17-4-3-5-19(12-17)28(36)37)31-26(18-6-8-20(29)9-7-18)22-13-21(38-2)10-11-24(22)34(16)27/h3-13,16,23,27,32-33,36-37H,14-15H2,1-2H3,(H,30,35). The van der Waals surface area contributed by atoms with Crippen LogP contribution in [0.5, 0.6) is 5.75 Å². The number of benzene rings is 3. The lowest BCUT2D eigenvalue weighted by Gasteiger charge is -2.31. The van der Waals surface area contributed by atoms with E-state index >= 15 is 0 Å². The number of hydrogen-bond donors (Lipinski definition) is 5. The number of carbonyl (C=O) groups is 1. The quantitative estimate of drug-likeness (QED) is 0.292. The molecule has 5 N–H and O–H groups in total. The van der Waals surface area contributed by atoms with Gasteiger partial charge in [0, 0.05) is 28.4 Å². The molecule has 1 saturated heterocycles. The molecule has 38 heavy (non-hydrogen) atoms. The lowest BCUT2D eigenvalue weighted by atomic mass is 9.79. The molecule has 3 aromatic carbocycles. The third kappa shape index (κ3) is 5.40. The van der Waals surface area contributed by atoms with Crippen LogP contribution in [0.2, 0.25) is 5.02 Å². The molecule has 196 valence electrons. The van der Waals surface area contributed by atoms with Gasteiger partial charge in [-0.1, -0.05) is 48.0 Å². The maximum atomic E-state index is 13.2. The molecule has 2 aliphatic heterocycles. The number of nitrogens with zero attached hydrogens (tertiary/aromatic N) is 2. The third-order valence-corrected chi connectivity index (χ3v) is 7.06. The number of nitrogens with one attached hydrogen (secondary N) is 3. The van der Waals surface area contributed by atoms with Crippen molar-refractivity contribution in [3.63, 3.8) is 0 Å². The number of hydrogen-bond acceptors (Lipinski definition) is 8. The van der Waals surface area contributed by atoms with Gasteiger partial charge in [-0.15, -0.1) is 0 Å². The van der Waals surface area contributed by atoms with Gasteiger partial charge in [-0.3, -0.25) is 9.79 Å². The van der Waals surface area contributed by atoms with Crippen LogP contribution in [0.3, 0.4) is 0 Å². The number of carbonyl (C=O) groups excluding carboxylic acids is 1. The number of aliphatic imine (C=N–C) groups is 1. The van der Waals surface area contributed by atoms with E-state index in [1.165, 1.54) is 0 Å². The molecule has 3 unspecified atom stereocenters. The number of amides is 1. The molecule has 0 spiro atoms. The zero-order chi connectivity index (χ0) is 26.8. The van der Waals surface area contributed by atoms with E-state index in [1.807, 2.05) is 55.5 Å². The van der Waals surface area contributed by atoms with Crippen molar-refractivity contribution in [3.8, 4) is 5.75 Å². The molecule has 2 heterocycles. The summed E-state index contributed by atoms with van der Waals surface area (Å²) in [6.07, 6.45) is -0.196. The molecule has 9 nitrogen and oxygen atoms in total. The van der Waals surface area contributed by atoms with Crippen LogP contribution < -0.4 is 31.3 Å². The molecule has 0 bridgehead atoms. The summed E-state index contributed by atoms with van der Waals surface area (Å²) in [5, 5.41) is 22.5. The summed E-state index contributed by atoms with van der Waals surface area (Å²) in [6, 6.07) is 19.8. The number of halogens is 1. The van der Waals surface area contributed by atoms with E-state index in [-0.39, 0.29) is 31.2 Å².